The molecular formula is C23H35N5O3S2. The number of hydrogen-bond acceptors (Lipinski definition) is 6. The van der Waals surface area contributed by atoms with E-state index in [1.54, 1.807) is 24.3 Å². The van der Waals surface area contributed by atoms with Crippen LogP contribution >= 0.6 is 11.8 Å². The summed E-state index contributed by atoms with van der Waals surface area (Å²) in [5.41, 5.74) is 0.787. The van der Waals surface area contributed by atoms with Crippen LogP contribution in [0, 0.1) is 5.92 Å². The summed E-state index contributed by atoms with van der Waals surface area (Å²) in [5, 5.41) is 12.5. The second-order valence-corrected chi connectivity index (χ2v) is 11.3. The SMILES string of the molecule is CCN(CC)S(=O)(=O)c1ccc(-c2nnc(SCC(=O)N[C@H]3CCCC[C@H]3C)n2CC)cc1. The van der Waals surface area contributed by atoms with Crippen molar-refractivity contribution in [2.45, 2.75) is 76.0 Å². The van der Waals surface area contributed by atoms with Gasteiger partial charge in [0.2, 0.25) is 15.9 Å². The molecule has 1 heterocycles. The van der Waals surface area contributed by atoms with Gasteiger partial charge < -0.3 is 9.88 Å². The Morgan fingerprint density at radius 2 is 1.79 bits per heavy atom. The zero-order valence-corrected chi connectivity index (χ0v) is 21.6. The van der Waals surface area contributed by atoms with Gasteiger partial charge in [-0.15, -0.1) is 10.2 Å². The first kappa shape index (κ1) is 25.7. The van der Waals surface area contributed by atoms with Crippen LogP contribution in [-0.4, -0.2) is 58.3 Å². The molecule has 2 aromatic rings. The number of aromatic nitrogens is 3. The van der Waals surface area contributed by atoms with Crippen LogP contribution in [0.4, 0.5) is 0 Å². The standard InChI is InChI=1S/C23H35N5O3S2/c1-5-27(6-2)33(30,31)19-14-12-18(13-15-19)22-25-26-23(28(22)7-3)32-16-21(29)24-20-11-9-8-10-17(20)4/h12-15,17,20H,5-11,16H2,1-4H3,(H,24,29)/t17-,20+/m1/s1. The van der Waals surface area contributed by atoms with Crippen LogP contribution in [0.2, 0.25) is 0 Å². The van der Waals surface area contributed by atoms with E-state index in [9.17, 15) is 13.2 Å². The van der Waals surface area contributed by atoms with E-state index in [4.69, 9.17) is 0 Å². The van der Waals surface area contributed by atoms with E-state index in [0.717, 1.165) is 12.0 Å². The van der Waals surface area contributed by atoms with E-state index < -0.39 is 10.0 Å². The van der Waals surface area contributed by atoms with E-state index in [1.165, 1.54) is 35.3 Å². The minimum absolute atomic E-state index is 0.0249. The Hall–Kier alpha value is -1.91. The predicted octanol–water partition coefficient (Wildman–Crippen LogP) is 3.78. The van der Waals surface area contributed by atoms with Crippen molar-refractivity contribution in [1.29, 1.82) is 0 Å². The second kappa shape index (κ2) is 11.5. The monoisotopic (exact) mass is 493 g/mol. The lowest BCUT2D eigenvalue weighted by Crippen LogP contribution is -2.41. The summed E-state index contributed by atoms with van der Waals surface area (Å²) in [6, 6.07) is 7.01. The van der Waals surface area contributed by atoms with Crippen LogP contribution in [0.3, 0.4) is 0 Å². The summed E-state index contributed by atoms with van der Waals surface area (Å²) >= 11 is 1.38. The molecule has 0 aliphatic heterocycles. The molecule has 3 rings (SSSR count). The van der Waals surface area contributed by atoms with Gasteiger partial charge in [-0.25, -0.2) is 8.42 Å². The molecule has 1 aromatic carbocycles. The van der Waals surface area contributed by atoms with Crippen LogP contribution in [0.25, 0.3) is 11.4 Å². The number of thioether (sulfide) groups is 1. The number of carbonyl (C=O) groups excluding carboxylic acids is 1. The largest absolute Gasteiger partial charge is 0.352 e. The van der Waals surface area contributed by atoms with Crippen molar-refractivity contribution in [2.75, 3.05) is 18.8 Å². The molecule has 1 saturated carbocycles. The van der Waals surface area contributed by atoms with Gasteiger partial charge in [-0.1, -0.05) is 45.4 Å². The van der Waals surface area contributed by atoms with E-state index in [-0.39, 0.29) is 16.8 Å². The lowest BCUT2D eigenvalue weighted by atomic mass is 9.86. The first-order valence-electron chi connectivity index (χ1n) is 11.8. The molecule has 33 heavy (non-hydrogen) atoms. The fraction of sp³-hybridized carbons (Fsp3) is 0.609. The number of rotatable bonds is 10. The quantitative estimate of drug-likeness (QED) is 0.506. The highest BCUT2D eigenvalue weighted by Gasteiger charge is 2.24. The van der Waals surface area contributed by atoms with Crippen molar-refractivity contribution >= 4 is 27.7 Å². The van der Waals surface area contributed by atoms with Gasteiger partial charge in [0.25, 0.3) is 0 Å². The highest BCUT2D eigenvalue weighted by molar-refractivity contribution is 7.99. The van der Waals surface area contributed by atoms with Gasteiger partial charge in [0.15, 0.2) is 11.0 Å². The summed E-state index contributed by atoms with van der Waals surface area (Å²) in [5.74, 6) is 1.50. The van der Waals surface area contributed by atoms with Gasteiger partial charge in [0.05, 0.1) is 10.6 Å². The predicted molar refractivity (Wildman–Crippen MR) is 132 cm³/mol. The van der Waals surface area contributed by atoms with E-state index >= 15 is 0 Å². The smallest absolute Gasteiger partial charge is 0.243 e. The maximum atomic E-state index is 12.7. The van der Waals surface area contributed by atoms with Crippen LogP contribution in [0.15, 0.2) is 34.3 Å². The molecular weight excluding hydrogens is 458 g/mol. The normalized spacial score (nSPS) is 19.1. The van der Waals surface area contributed by atoms with Gasteiger partial charge >= 0.3 is 0 Å². The summed E-state index contributed by atoms with van der Waals surface area (Å²) in [4.78, 5) is 12.8. The molecule has 1 aliphatic rings. The number of carbonyl (C=O) groups is 1. The van der Waals surface area contributed by atoms with Crippen LogP contribution < -0.4 is 5.32 Å². The van der Waals surface area contributed by atoms with Crippen molar-refractivity contribution in [3.05, 3.63) is 24.3 Å². The molecule has 182 valence electrons. The summed E-state index contributed by atoms with van der Waals surface area (Å²) < 4.78 is 28.9. The van der Waals surface area contributed by atoms with Gasteiger partial charge in [-0.05, 0) is 49.9 Å². The first-order chi connectivity index (χ1) is 15.8. The van der Waals surface area contributed by atoms with Crippen LogP contribution in [0.1, 0.15) is 53.4 Å². The Morgan fingerprint density at radius 1 is 1.12 bits per heavy atom. The summed E-state index contributed by atoms with van der Waals surface area (Å²) in [6.07, 6.45) is 4.63. The number of amides is 1. The number of hydrogen-bond donors (Lipinski definition) is 1. The fourth-order valence-electron chi connectivity index (χ4n) is 4.29. The van der Waals surface area contributed by atoms with Crippen molar-refractivity contribution in [1.82, 2.24) is 24.4 Å². The number of nitrogens with zero attached hydrogens (tertiary/aromatic N) is 4. The maximum absolute atomic E-state index is 12.7. The molecule has 1 amide bonds. The summed E-state index contributed by atoms with van der Waals surface area (Å²) in [6.45, 7) is 9.36. The lowest BCUT2D eigenvalue weighted by Gasteiger charge is -2.29. The van der Waals surface area contributed by atoms with Gasteiger partial charge in [-0.3, -0.25) is 4.79 Å². The molecule has 8 nitrogen and oxygen atoms in total. The molecule has 10 heteroatoms. The Bertz CT molecular complexity index is 1030. The number of nitrogens with one attached hydrogen (secondary N) is 1. The molecule has 0 spiro atoms. The average molecular weight is 494 g/mol. The fourth-order valence-corrected chi connectivity index (χ4v) is 6.56. The van der Waals surface area contributed by atoms with Crippen LogP contribution in [-0.2, 0) is 21.4 Å². The third kappa shape index (κ3) is 5.96. The lowest BCUT2D eigenvalue weighted by molar-refractivity contribution is -0.119. The molecule has 1 aliphatic carbocycles. The maximum Gasteiger partial charge on any atom is 0.243 e. The zero-order chi connectivity index (χ0) is 24.0. The molecule has 1 aromatic heterocycles. The molecule has 0 radical (unpaired) electrons. The Balaban J connectivity index is 1.69. The Morgan fingerprint density at radius 3 is 2.39 bits per heavy atom. The molecule has 1 N–H and O–H groups in total. The van der Waals surface area contributed by atoms with E-state index in [2.05, 4.69) is 22.4 Å². The van der Waals surface area contributed by atoms with Crippen molar-refractivity contribution in [2.24, 2.45) is 5.92 Å². The third-order valence-corrected chi connectivity index (χ3v) is 9.31. The second-order valence-electron chi connectivity index (χ2n) is 8.39. The highest BCUT2D eigenvalue weighted by atomic mass is 32.2. The average Bonchev–Trinajstić information content (AvgIpc) is 3.23. The molecule has 0 saturated heterocycles. The molecule has 2 atom stereocenters. The van der Waals surface area contributed by atoms with E-state index in [1.807, 2.05) is 25.3 Å². The van der Waals surface area contributed by atoms with Crippen LogP contribution in [0.5, 0.6) is 0 Å². The van der Waals surface area contributed by atoms with Gasteiger partial charge in [0, 0.05) is 31.2 Å². The molecule has 0 unspecified atom stereocenters. The minimum atomic E-state index is -3.50. The Labute approximate surface area is 201 Å². The van der Waals surface area contributed by atoms with Gasteiger partial charge in [0.1, 0.15) is 0 Å². The Kier molecular flexibility index (Phi) is 8.95. The molecule has 0 bridgehead atoms. The zero-order valence-electron chi connectivity index (χ0n) is 20.0. The minimum Gasteiger partial charge on any atom is -0.352 e. The van der Waals surface area contributed by atoms with Crippen molar-refractivity contribution < 1.29 is 13.2 Å². The van der Waals surface area contributed by atoms with Gasteiger partial charge in [-0.2, -0.15) is 4.31 Å². The number of sulfonamides is 1. The van der Waals surface area contributed by atoms with E-state index in [0.29, 0.717) is 42.3 Å². The third-order valence-electron chi connectivity index (χ3n) is 6.28. The van der Waals surface area contributed by atoms with Crippen molar-refractivity contribution in [3.8, 4) is 11.4 Å². The topological polar surface area (TPSA) is 97.2 Å². The molecule has 1 fully saturated rings. The van der Waals surface area contributed by atoms with Crippen molar-refractivity contribution in [3.63, 3.8) is 0 Å². The number of benzene rings is 1. The summed E-state index contributed by atoms with van der Waals surface area (Å²) in [7, 11) is -3.50. The highest BCUT2D eigenvalue weighted by Crippen LogP contribution is 2.27. The first-order valence-corrected chi connectivity index (χ1v) is 14.2.